The molecule has 2 aliphatic rings. The fourth-order valence-corrected chi connectivity index (χ4v) is 2.33. The molecule has 0 aromatic heterocycles. The highest BCUT2D eigenvalue weighted by molar-refractivity contribution is 4.91. The molecule has 0 aromatic rings. The molecule has 0 radical (unpaired) electrons. The topological polar surface area (TPSA) is 49.7 Å². The standard InChI is InChI=1S/C9H16O3/c1-9(11)3-2-6-4-8(10)12-7(6)5-9/h6-8,10-11H,2-5H2,1H3/t6-,7+,8?,9-/m1/s1. The first-order valence-corrected chi connectivity index (χ1v) is 4.63. The molecule has 12 heavy (non-hydrogen) atoms. The van der Waals surface area contributed by atoms with E-state index in [-0.39, 0.29) is 6.10 Å². The largest absolute Gasteiger partial charge is 0.390 e. The molecule has 2 fully saturated rings. The van der Waals surface area contributed by atoms with Crippen LogP contribution in [-0.4, -0.2) is 28.2 Å². The molecule has 1 aliphatic heterocycles. The summed E-state index contributed by atoms with van der Waals surface area (Å²) < 4.78 is 5.30. The van der Waals surface area contributed by atoms with Gasteiger partial charge in [0.25, 0.3) is 0 Å². The Morgan fingerprint density at radius 3 is 3.00 bits per heavy atom. The van der Waals surface area contributed by atoms with E-state index in [4.69, 9.17) is 4.74 Å². The molecule has 0 spiro atoms. The molecule has 4 atom stereocenters. The maximum absolute atomic E-state index is 9.75. The second-order valence-electron chi connectivity index (χ2n) is 4.36. The fourth-order valence-electron chi connectivity index (χ4n) is 2.33. The predicted molar refractivity (Wildman–Crippen MR) is 43.5 cm³/mol. The van der Waals surface area contributed by atoms with Crippen LogP contribution >= 0.6 is 0 Å². The highest BCUT2D eigenvalue weighted by Crippen LogP contribution is 2.40. The summed E-state index contributed by atoms with van der Waals surface area (Å²) in [4.78, 5) is 0. The first-order valence-electron chi connectivity index (χ1n) is 4.63. The van der Waals surface area contributed by atoms with E-state index in [1.807, 2.05) is 6.92 Å². The van der Waals surface area contributed by atoms with Gasteiger partial charge in [-0.15, -0.1) is 0 Å². The van der Waals surface area contributed by atoms with Gasteiger partial charge in [0.15, 0.2) is 6.29 Å². The summed E-state index contributed by atoms with van der Waals surface area (Å²) in [6.07, 6.45) is 2.74. The highest BCUT2D eigenvalue weighted by atomic mass is 16.6. The second-order valence-corrected chi connectivity index (χ2v) is 4.36. The molecule has 70 valence electrons. The normalized spacial score (nSPS) is 53.8. The van der Waals surface area contributed by atoms with E-state index in [2.05, 4.69) is 0 Å². The molecule has 2 rings (SSSR count). The molecule has 3 nitrogen and oxygen atoms in total. The van der Waals surface area contributed by atoms with Crippen LogP contribution < -0.4 is 0 Å². The molecule has 1 saturated carbocycles. The number of ether oxygens (including phenoxy) is 1. The third-order valence-corrected chi connectivity index (χ3v) is 3.06. The first-order chi connectivity index (χ1) is 5.57. The van der Waals surface area contributed by atoms with Crippen molar-refractivity contribution in [1.29, 1.82) is 0 Å². The quantitative estimate of drug-likeness (QED) is 0.564. The van der Waals surface area contributed by atoms with Crippen LogP contribution in [0.5, 0.6) is 0 Å². The van der Waals surface area contributed by atoms with E-state index in [1.165, 1.54) is 0 Å². The minimum atomic E-state index is -0.589. The fraction of sp³-hybridized carbons (Fsp3) is 1.00. The van der Waals surface area contributed by atoms with Gasteiger partial charge in [0.2, 0.25) is 0 Å². The zero-order valence-corrected chi connectivity index (χ0v) is 7.36. The highest BCUT2D eigenvalue weighted by Gasteiger charge is 2.42. The van der Waals surface area contributed by atoms with E-state index in [1.54, 1.807) is 0 Å². The van der Waals surface area contributed by atoms with Gasteiger partial charge >= 0.3 is 0 Å². The Kier molecular flexibility index (Phi) is 1.90. The minimum Gasteiger partial charge on any atom is -0.390 e. The molecule has 1 heterocycles. The smallest absolute Gasteiger partial charge is 0.155 e. The van der Waals surface area contributed by atoms with Crippen LogP contribution in [0.2, 0.25) is 0 Å². The van der Waals surface area contributed by atoms with Gasteiger partial charge in [-0.25, -0.2) is 0 Å². The Balaban J connectivity index is 2.02. The van der Waals surface area contributed by atoms with Gasteiger partial charge in [-0.1, -0.05) is 0 Å². The molecular formula is C9H16O3. The van der Waals surface area contributed by atoms with Crippen molar-refractivity contribution in [3.8, 4) is 0 Å². The summed E-state index contributed by atoms with van der Waals surface area (Å²) in [6, 6.07) is 0. The molecule has 3 heteroatoms. The number of hydrogen-bond acceptors (Lipinski definition) is 3. The summed E-state index contributed by atoms with van der Waals surface area (Å²) in [5.74, 6) is 0.472. The van der Waals surface area contributed by atoms with Gasteiger partial charge in [-0.3, -0.25) is 0 Å². The SMILES string of the molecule is C[C@@]1(O)CC[C@@H]2CC(O)O[C@H]2C1. The number of hydrogen-bond donors (Lipinski definition) is 2. The van der Waals surface area contributed by atoms with Gasteiger partial charge < -0.3 is 14.9 Å². The second kappa shape index (κ2) is 2.69. The van der Waals surface area contributed by atoms with Crippen molar-refractivity contribution < 1.29 is 14.9 Å². The van der Waals surface area contributed by atoms with Crippen LogP contribution in [0, 0.1) is 5.92 Å². The summed E-state index contributed by atoms with van der Waals surface area (Å²) in [5.41, 5.74) is -0.578. The molecule has 0 bridgehead atoms. The Hall–Kier alpha value is -0.120. The Morgan fingerprint density at radius 2 is 2.25 bits per heavy atom. The molecule has 0 amide bonds. The van der Waals surface area contributed by atoms with Gasteiger partial charge in [0, 0.05) is 12.8 Å². The van der Waals surface area contributed by atoms with Crippen molar-refractivity contribution in [2.75, 3.05) is 0 Å². The minimum absolute atomic E-state index is 0.0868. The summed E-state index contributed by atoms with van der Waals surface area (Å²) in [7, 11) is 0. The van der Waals surface area contributed by atoms with E-state index in [0.29, 0.717) is 12.3 Å². The van der Waals surface area contributed by atoms with Crippen molar-refractivity contribution in [2.45, 2.75) is 50.6 Å². The van der Waals surface area contributed by atoms with Crippen LogP contribution in [0.15, 0.2) is 0 Å². The lowest BCUT2D eigenvalue weighted by Gasteiger charge is -2.34. The van der Waals surface area contributed by atoms with Gasteiger partial charge in [0.05, 0.1) is 11.7 Å². The van der Waals surface area contributed by atoms with Crippen molar-refractivity contribution in [2.24, 2.45) is 5.92 Å². The van der Waals surface area contributed by atoms with E-state index in [0.717, 1.165) is 19.3 Å². The predicted octanol–water partition coefficient (Wildman–Crippen LogP) is 0.645. The summed E-state index contributed by atoms with van der Waals surface area (Å²) in [5, 5.41) is 19.0. The molecule has 1 unspecified atom stereocenters. The zero-order chi connectivity index (χ0) is 8.77. The zero-order valence-electron chi connectivity index (χ0n) is 7.36. The average Bonchev–Trinajstić information content (AvgIpc) is 2.26. The monoisotopic (exact) mass is 172 g/mol. The number of fused-ring (bicyclic) bond motifs is 1. The molecule has 1 aliphatic carbocycles. The summed E-state index contributed by atoms with van der Waals surface area (Å²) in [6.45, 7) is 1.84. The Labute approximate surface area is 72.3 Å². The van der Waals surface area contributed by atoms with Crippen LogP contribution in [0.4, 0.5) is 0 Å². The third-order valence-electron chi connectivity index (χ3n) is 3.06. The lowest BCUT2D eigenvalue weighted by Crippen LogP contribution is -2.38. The maximum atomic E-state index is 9.75. The number of rotatable bonds is 0. The van der Waals surface area contributed by atoms with Crippen LogP contribution in [0.25, 0.3) is 0 Å². The van der Waals surface area contributed by atoms with E-state index < -0.39 is 11.9 Å². The molecule has 2 N–H and O–H groups in total. The van der Waals surface area contributed by atoms with Crippen molar-refractivity contribution in [1.82, 2.24) is 0 Å². The van der Waals surface area contributed by atoms with Crippen molar-refractivity contribution >= 4 is 0 Å². The van der Waals surface area contributed by atoms with Crippen molar-refractivity contribution in [3.05, 3.63) is 0 Å². The lowest BCUT2D eigenvalue weighted by atomic mass is 9.78. The van der Waals surface area contributed by atoms with Gasteiger partial charge in [0.1, 0.15) is 0 Å². The first kappa shape index (κ1) is 8.48. The Morgan fingerprint density at radius 1 is 1.50 bits per heavy atom. The molecular weight excluding hydrogens is 156 g/mol. The molecule has 0 aromatic carbocycles. The van der Waals surface area contributed by atoms with E-state index in [9.17, 15) is 10.2 Å². The average molecular weight is 172 g/mol. The van der Waals surface area contributed by atoms with Crippen LogP contribution in [0.1, 0.15) is 32.6 Å². The van der Waals surface area contributed by atoms with Gasteiger partial charge in [-0.2, -0.15) is 0 Å². The van der Waals surface area contributed by atoms with E-state index >= 15 is 0 Å². The Bertz CT molecular complexity index is 179. The van der Waals surface area contributed by atoms with Gasteiger partial charge in [-0.05, 0) is 25.7 Å². The van der Waals surface area contributed by atoms with Crippen LogP contribution in [0.3, 0.4) is 0 Å². The van der Waals surface area contributed by atoms with Crippen LogP contribution in [-0.2, 0) is 4.74 Å². The van der Waals surface area contributed by atoms with Crippen molar-refractivity contribution in [3.63, 3.8) is 0 Å². The summed E-state index contributed by atoms with van der Waals surface area (Å²) >= 11 is 0. The number of aliphatic hydroxyl groups excluding tert-OH is 1. The lowest BCUT2D eigenvalue weighted by molar-refractivity contribution is -0.121. The maximum Gasteiger partial charge on any atom is 0.155 e. The molecule has 1 saturated heterocycles. The third kappa shape index (κ3) is 1.49. The number of aliphatic hydroxyl groups is 2.